The highest BCUT2D eigenvalue weighted by atomic mass is 16.5. The zero-order valence-corrected chi connectivity index (χ0v) is 11.2. The van der Waals surface area contributed by atoms with Gasteiger partial charge in [-0.25, -0.2) is 0 Å². The molecule has 0 amide bonds. The van der Waals surface area contributed by atoms with Gasteiger partial charge in [0.05, 0.1) is 26.5 Å². The van der Waals surface area contributed by atoms with Crippen LogP contribution in [0.25, 0.3) is 0 Å². The predicted molar refractivity (Wildman–Crippen MR) is 72.6 cm³/mol. The van der Waals surface area contributed by atoms with E-state index in [-0.39, 0.29) is 0 Å². The molecule has 0 unspecified atom stereocenters. The highest BCUT2D eigenvalue weighted by Gasteiger charge is 2.12. The van der Waals surface area contributed by atoms with Crippen molar-refractivity contribution >= 4 is 11.5 Å². The average molecular weight is 263 g/mol. The summed E-state index contributed by atoms with van der Waals surface area (Å²) in [6.07, 6.45) is 0. The number of hydrogen-bond acceptors (Lipinski definition) is 6. The molecule has 19 heavy (non-hydrogen) atoms. The second kappa shape index (κ2) is 5.51. The lowest BCUT2D eigenvalue weighted by Crippen LogP contribution is -2.16. The Hall–Kier alpha value is -2.37. The van der Waals surface area contributed by atoms with Crippen molar-refractivity contribution in [2.75, 3.05) is 31.9 Å². The summed E-state index contributed by atoms with van der Waals surface area (Å²) >= 11 is 0. The fraction of sp³-hybridized carbons (Fsp3) is 0.308. The number of rotatable bonds is 5. The summed E-state index contributed by atoms with van der Waals surface area (Å²) in [7, 11) is 5.18. The van der Waals surface area contributed by atoms with E-state index in [4.69, 9.17) is 19.7 Å². The van der Waals surface area contributed by atoms with Gasteiger partial charge >= 0.3 is 0 Å². The second-order valence-corrected chi connectivity index (χ2v) is 4.11. The number of aromatic nitrogens is 1. The number of hydrogen-bond donors (Lipinski definition) is 1. The number of methoxy groups -OCH3 is 2. The molecule has 0 aliphatic rings. The Bertz CT molecular complexity index is 554. The first-order valence-electron chi connectivity index (χ1n) is 5.78. The van der Waals surface area contributed by atoms with E-state index in [1.165, 1.54) is 0 Å². The summed E-state index contributed by atoms with van der Waals surface area (Å²) in [5.74, 6) is 2.58. The van der Waals surface area contributed by atoms with E-state index in [0.29, 0.717) is 18.1 Å². The van der Waals surface area contributed by atoms with Crippen molar-refractivity contribution in [1.29, 1.82) is 0 Å². The van der Waals surface area contributed by atoms with E-state index < -0.39 is 0 Å². The molecule has 0 atom stereocenters. The number of nitrogens with two attached hydrogens (primary N) is 1. The highest BCUT2D eigenvalue weighted by molar-refractivity contribution is 5.61. The summed E-state index contributed by atoms with van der Waals surface area (Å²) < 4.78 is 15.7. The van der Waals surface area contributed by atoms with E-state index in [1.807, 2.05) is 30.1 Å². The standard InChI is InChI=1S/C13H17N3O3/c1-16(8-10-7-13(14)15-19-10)11-6-9(17-2)4-5-12(11)18-3/h4-7H,8H2,1-3H3,(H2,14,15). The van der Waals surface area contributed by atoms with E-state index in [0.717, 1.165) is 17.2 Å². The SMILES string of the molecule is COc1ccc(OC)c(N(C)Cc2cc(N)no2)c1. The van der Waals surface area contributed by atoms with Gasteiger partial charge < -0.3 is 24.6 Å². The summed E-state index contributed by atoms with van der Waals surface area (Å²) in [5.41, 5.74) is 6.43. The molecule has 102 valence electrons. The Labute approximate surface area is 111 Å². The van der Waals surface area contributed by atoms with Gasteiger partial charge in [0.2, 0.25) is 0 Å². The Balaban J connectivity index is 2.23. The smallest absolute Gasteiger partial charge is 0.167 e. The van der Waals surface area contributed by atoms with Gasteiger partial charge in [-0.15, -0.1) is 0 Å². The van der Waals surface area contributed by atoms with Crippen molar-refractivity contribution < 1.29 is 14.0 Å². The highest BCUT2D eigenvalue weighted by Crippen LogP contribution is 2.32. The van der Waals surface area contributed by atoms with Crippen molar-refractivity contribution in [2.45, 2.75) is 6.54 Å². The maximum atomic E-state index is 5.53. The summed E-state index contributed by atoms with van der Waals surface area (Å²) in [6.45, 7) is 0.535. The first-order valence-corrected chi connectivity index (χ1v) is 5.78. The number of benzene rings is 1. The van der Waals surface area contributed by atoms with Crippen LogP contribution in [0.3, 0.4) is 0 Å². The molecular weight excluding hydrogens is 246 g/mol. The van der Waals surface area contributed by atoms with Gasteiger partial charge in [-0.2, -0.15) is 0 Å². The van der Waals surface area contributed by atoms with Crippen molar-refractivity contribution in [3.63, 3.8) is 0 Å². The predicted octanol–water partition coefficient (Wildman–Crippen LogP) is 1.91. The van der Waals surface area contributed by atoms with Crippen molar-refractivity contribution in [1.82, 2.24) is 5.16 Å². The lowest BCUT2D eigenvalue weighted by molar-refractivity contribution is 0.383. The molecule has 2 N–H and O–H groups in total. The van der Waals surface area contributed by atoms with Gasteiger partial charge in [0.1, 0.15) is 11.5 Å². The van der Waals surface area contributed by atoms with E-state index in [1.54, 1.807) is 20.3 Å². The van der Waals surface area contributed by atoms with E-state index in [9.17, 15) is 0 Å². The van der Waals surface area contributed by atoms with Crippen LogP contribution in [0.5, 0.6) is 11.5 Å². The van der Waals surface area contributed by atoms with Gasteiger partial charge in [0.15, 0.2) is 11.6 Å². The molecule has 0 bridgehead atoms. The van der Waals surface area contributed by atoms with Crippen LogP contribution < -0.4 is 20.1 Å². The Morgan fingerprint density at radius 1 is 1.26 bits per heavy atom. The quantitative estimate of drug-likeness (QED) is 0.888. The largest absolute Gasteiger partial charge is 0.497 e. The first kappa shape index (κ1) is 13.1. The van der Waals surface area contributed by atoms with Gasteiger partial charge in [-0.3, -0.25) is 0 Å². The minimum Gasteiger partial charge on any atom is -0.497 e. The molecule has 1 aromatic heterocycles. The molecule has 1 aromatic carbocycles. The summed E-state index contributed by atoms with van der Waals surface area (Å²) in [4.78, 5) is 1.97. The zero-order valence-electron chi connectivity index (χ0n) is 11.2. The molecule has 0 spiro atoms. The molecule has 0 aliphatic carbocycles. The van der Waals surface area contributed by atoms with Crippen LogP contribution in [-0.2, 0) is 6.54 Å². The molecule has 0 saturated heterocycles. The lowest BCUT2D eigenvalue weighted by atomic mass is 10.2. The number of nitrogen functional groups attached to an aromatic ring is 1. The third-order valence-electron chi connectivity index (χ3n) is 2.77. The first-order chi connectivity index (χ1) is 9.13. The summed E-state index contributed by atoms with van der Waals surface area (Å²) in [5, 5.41) is 3.66. The molecule has 0 fully saturated rings. The topological polar surface area (TPSA) is 73.8 Å². The van der Waals surface area contributed by atoms with E-state index in [2.05, 4.69) is 5.16 Å². The number of anilines is 2. The number of ether oxygens (including phenoxy) is 2. The van der Waals surface area contributed by atoms with Gasteiger partial charge in [-0.1, -0.05) is 5.16 Å². The van der Waals surface area contributed by atoms with Crippen LogP contribution in [0, 0.1) is 0 Å². The van der Waals surface area contributed by atoms with Gasteiger partial charge in [0.25, 0.3) is 0 Å². The molecule has 0 saturated carbocycles. The molecule has 2 aromatic rings. The fourth-order valence-corrected chi connectivity index (χ4v) is 1.82. The number of nitrogens with zero attached hydrogens (tertiary/aromatic N) is 2. The van der Waals surface area contributed by atoms with E-state index >= 15 is 0 Å². The molecule has 1 heterocycles. The maximum Gasteiger partial charge on any atom is 0.167 e. The van der Waals surface area contributed by atoms with Gasteiger partial charge in [0, 0.05) is 19.2 Å². The van der Waals surface area contributed by atoms with Gasteiger partial charge in [-0.05, 0) is 12.1 Å². The molecule has 0 radical (unpaired) electrons. The second-order valence-electron chi connectivity index (χ2n) is 4.11. The fourth-order valence-electron chi connectivity index (χ4n) is 1.82. The third-order valence-corrected chi connectivity index (χ3v) is 2.77. The van der Waals surface area contributed by atoms with Crippen LogP contribution in [0.4, 0.5) is 11.5 Å². The molecule has 6 nitrogen and oxygen atoms in total. The Morgan fingerprint density at radius 2 is 2.05 bits per heavy atom. The van der Waals surface area contributed by atoms with Crippen molar-refractivity contribution in [3.05, 3.63) is 30.0 Å². The van der Waals surface area contributed by atoms with Crippen molar-refractivity contribution in [2.24, 2.45) is 0 Å². The maximum absolute atomic E-state index is 5.53. The average Bonchev–Trinajstić information content (AvgIpc) is 2.83. The molecule has 2 rings (SSSR count). The minimum absolute atomic E-state index is 0.376. The molecular formula is C13H17N3O3. The van der Waals surface area contributed by atoms with Crippen LogP contribution in [0.2, 0.25) is 0 Å². The Morgan fingerprint density at radius 3 is 2.63 bits per heavy atom. The minimum atomic E-state index is 0.376. The van der Waals surface area contributed by atoms with Crippen LogP contribution in [0.1, 0.15) is 5.76 Å². The lowest BCUT2D eigenvalue weighted by Gasteiger charge is -2.21. The van der Waals surface area contributed by atoms with Crippen LogP contribution in [-0.4, -0.2) is 26.4 Å². The zero-order chi connectivity index (χ0) is 13.8. The monoisotopic (exact) mass is 263 g/mol. The van der Waals surface area contributed by atoms with Crippen LogP contribution >= 0.6 is 0 Å². The molecule has 6 heteroatoms. The normalized spacial score (nSPS) is 10.3. The van der Waals surface area contributed by atoms with Crippen molar-refractivity contribution in [3.8, 4) is 11.5 Å². The third kappa shape index (κ3) is 2.90. The van der Waals surface area contributed by atoms with Crippen LogP contribution in [0.15, 0.2) is 28.8 Å². The Kier molecular flexibility index (Phi) is 3.79. The molecule has 0 aliphatic heterocycles. The summed E-state index contributed by atoms with van der Waals surface area (Å²) in [6, 6.07) is 7.31.